The number of carbonyl (C=O) groups excluding carboxylic acids is 1. The molecule has 0 aliphatic heterocycles. The Morgan fingerprint density at radius 3 is 2.71 bits per heavy atom. The number of hydrogen-bond acceptors (Lipinski definition) is 3. The van der Waals surface area contributed by atoms with Crippen molar-refractivity contribution in [3.05, 3.63) is 0 Å². The van der Waals surface area contributed by atoms with E-state index in [-0.39, 0.29) is 23.8 Å². The Labute approximate surface area is 84.7 Å². The quantitative estimate of drug-likeness (QED) is 0.703. The molecule has 0 spiro atoms. The predicted octanol–water partition coefficient (Wildman–Crippen LogP) is 0.342. The van der Waals surface area contributed by atoms with Gasteiger partial charge in [-0.3, -0.25) is 4.79 Å². The van der Waals surface area contributed by atoms with Crippen LogP contribution in [0.2, 0.25) is 0 Å². The summed E-state index contributed by atoms with van der Waals surface area (Å²) in [5, 5.41) is 8.65. The topological polar surface area (TPSA) is 70.1 Å². The second kappa shape index (κ2) is 4.43. The van der Waals surface area contributed by atoms with Crippen LogP contribution in [-0.4, -0.2) is 29.9 Å². The zero-order valence-electron chi connectivity index (χ0n) is 8.73. The van der Waals surface area contributed by atoms with E-state index >= 15 is 0 Å². The van der Waals surface area contributed by atoms with E-state index in [0.29, 0.717) is 13.1 Å². The minimum Gasteiger partial charge on any atom is -0.341 e. The number of nitrogens with two attached hydrogens (primary N) is 1. The van der Waals surface area contributed by atoms with Crippen LogP contribution in [0.15, 0.2) is 0 Å². The summed E-state index contributed by atoms with van der Waals surface area (Å²) in [4.78, 5) is 13.5. The average molecular weight is 195 g/mol. The lowest BCUT2D eigenvalue weighted by Gasteiger charge is -2.21. The Hall–Kier alpha value is -1.08. The molecule has 0 radical (unpaired) electrons. The van der Waals surface area contributed by atoms with Gasteiger partial charge in [0.05, 0.1) is 17.9 Å². The van der Waals surface area contributed by atoms with E-state index in [1.54, 1.807) is 4.90 Å². The van der Waals surface area contributed by atoms with Crippen molar-refractivity contribution < 1.29 is 4.79 Å². The Balaban J connectivity index is 2.46. The number of hydrogen-bond donors (Lipinski definition) is 1. The van der Waals surface area contributed by atoms with Crippen molar-refractivity contribution in [1.82, 2.24) is 4.90 Å². The van der Waals surface area contributed by atoms with Gasteiger partial charge in [-0.1, -0.05) is 0 Å². The molecule has 3 unspecified atom stereocenters. The molecule has 1 fully saturated rings. The van der Waals surface area contributed by atoms with E-state index in [2.05, 4.69) is 6.07 Å². The Morgan fingerprint density at radius 1 is 1.79 bits per heavy atom. The molecular weight excluding hydrogens is 178 g/mol. The van der Waals surface area contributed by atoms with Crippen LogP contribution in [0.5, 0.6) is 0 Å². The first-order chi connectivity index (χ1) is 6.60. The van der Waals surface area contributed by atoms with Crippen LogP contribution in [-0.2, 0) is 4.79 Å². The fourth-order valence-electron chi connectivity index (χ4n) is 1.48. The van der Waals surface area contributed by atoms with Gasteiger partial charge in [-0.2, -0.15) is 5.26 Å². The fourth-order valence-corrected chi connectivity index (χ4v) is 1.48. The third-order valence-corrected chi connectivity index (χ3v) is 2.57. The van der Waals surface area contributed by atoms with E-state index in [1.807, 2.05) is 13.8 Å². The number of rotatable bonds is 4. The van der Waals surface area contributed by atoms with Crippen molar-refractivity contribution >= 4 is 5.91 Å². The highest BCUT2D eigenvalue weighted by molar-refractivity contribution is 5.82. The van der Waals surface area contributed by atoms with Crippen LogP contribution in [0.4, 0.5) is 0 Å². The van der Waals surface area contributed by atoms with E-state index < -0.39 is 0 Å². The smallest absolute Gasteiger partial charge is 0.227 e. The molecule has 0 bridgehead atoms. The monoisotopic (exact) mass is 195 g/mol. The molecule has 14 heavy (non-hydrogen) atoms. The van der Waals surface area contributed by atoms with Crippen molar-refractivity contribution in [2.24, 2.45) is 17.6 Å². The summed E-state index contributed by atoms with van der Waals surface area (Å²) in [6.45, 7) is 4.93. The zero-order valence-corrected chi connectivity index (χ0v) is 8.73. The molecule has 0 saturated heterocycles. The van der Waals surface area contributed by atoms with Crippen LogP contribution in [0.3, 0.4) is 0 Å². The minimum absolute atomic E-state index is 0.0147. The molecule has 4 heteroatoms. The van der Waals surface area contributed by atoms with Crippen molar-refractivity contribution in [3.8, 4) is 6.07 Å². The van der Waals surface area contributed by atoms with Crippen molar-refractivity contribution in [2.75, 3.05) is 13.1 Å². The maximum absolute atomic E-state index is 11.7. The van der Waals surface area contributed by atoms with Gasteiger partial charge in [-0.15, -0.1) is 0 Å². The second-order valence-corrected chi connectivity index (χ2v) is 3.91. The molecule has 0 aromatic heterocycles. The molecule has 1 rings (SSSR count). The zero-order chi connectivity index (χ0) is 10.7. The third kappa shape index (κ3) is 2.46. The number of nitrogens with zero attached hydrogens (tertiary/aromatic N) is 2. The second-order valence-electron chi connectivity index (χ2n) is 3.91. The predicted molar refractivity (Wildman–Crippen MR) is 53.1 cm³/mol. The maximum atomic E-state index is 11.7. The molecule has 0 aromatic rings. The molecule has 1 aliphatic carbocycles. The summed E-state index contributed by atoms with van der Waals surface area (Å²) < 4.78 is 0. The summed E-state index contributed by atoms with van der Waals surface area (Å²) in [6, 6.07) is 2.18. The molecule has 1 saturated carbocycles. The molecule has 4 nitrogen and oxygen atoms in total. The minimum atomic E-state index is -0.103. The maximum Gasteiger partial charge on any atom is 0.227 e. The number of amides is 1. The van der Waals surface area contributed by atoms with E-state index in [1.165, 1.54) is 0 Å². The van der Waals surface area contributed by atoms with Crippen molar-refractivity contribution in [3.63, 3.8) is 0 Å². The molecular formula is C10H17N3O. The lowest BCUT2D eigenvalue weighted by Crippen LogP contribution is -2.36. The van der Waals surface area contributed by atoms with Gasteiger partial charge >= 0.3 is 0 Å². The summed E-state index contributed by atoms with van der Waals surface area (Å²) in [7, 11) is 0. The molecule has 78 valence electrons. The highest BCUT2D eigenvalue weighted by Gasteiger charge is 2.42. The number of nitriles is 1. The van der Waals surface area contributed by atoms with Gasteiger partial charge in [0.15, 0.2) is 0 Å². The molecule has 0 heterocycles. The van der Waals surface area contributed by atoms with Crippen molar-refractivity contribution in [2.45, 2.75) is 26.3 Å². The van der Waals surface area contributed by atoms with Crippen LogP contribution >= 0.6 is 0 Å². The van der Waals surface area contributed by atoms with E-state index in [0.717, 1.165) is 6.42 Å². The van der Waals surface area contributed by atoms with E-state index in [9.17, 15) is 4.79 Å². The van der Waals surface area contributed by atoms with Crippen LogP contribution < -0.4 is 5.73 Å². The first-order valence-electron chi connectivity index (χ1n) is 5.04. The molecule has 1 amide bonds. The Morgan fingerprint density at radius 2 is 2.36 bits per heavy atom. The van der Waals surface area contributed by atoms with Crippen LogP contribution in [0.25, 0.3) is 0 Å². The molecule has 2 N–H and O–H groups in total. The van der Waals surface area contributed by atoms with Gasteiger partial charge in [0, 0.05) is 19.1 Å². The Kier molecular flexibility index (Phi) is 3.48. The van der Waals surface area contributed by atoms with Crippen LogP contribution in [0.1, 0.15) is 20.3 Å². The molecule has 1 aliphatic rings. The summed E-state index contributed by atoms with van der Waals surface area (Å²) >= 11 is 0. The fraction of sp³-hybridized carbons (Fsp3) is 0.800. The van der Waals surface area contributed by atoms with Crippen LogP contribution in [0, 0.1) is 23.2 Å². The molecule has 0 aromatic carbocycles. The standard InChI is InChI=1S/C10H17N3O/c1-3-13(6-7(2)5-11)10(14)8-4-9(8)12/h7-9H,3-4,6,12H2,1-2H3. The van der Waals surface area contributed by atoms with Crippen molar-refractivity contribution in [1.29, 1.82) is 5.26 Å². The molecule has 3 atom stereocenters. The van der Waals surface area contributed by atoms with Gasteiger partial charge < -0.3 is 10.6 Å². The summed E-state index contributed by atoms with van der Waals surface area (Å²) in [6.07, 6.45) is 0.802. The highest BCUT2D eigenvalue weighted by atomic mass is 16.2. The average Bonchev–Trinajstić information content (AvgIpc) is 2.90. The third-order valence-electron chi connectivity index (χ3n) is 2.57. The first-order valence-corrected chi connectivity index (χ1v) is 5.04. The summed E-state index contributed by atoms with van der Waals surface area (Å²) in [5.74, 6) is 0.0248. The van der Waals surface area contributed by atoms with E-state index in [4.69, 9.17) is 11.0 Å². The first kappa shape index (κ1) is 11.0. The van der Waals surface area contributed by atoms with Gasteiger partial charge in [0.2, 0.25) is 5.91 Å². The lowest BCUT2D eigenvalue weighted by atomic mass is 10.2. The lowest BCUT2D eigenvalue weighted by molar-refractivity contribution is -0.132. The van der Waals surface area contributed by atoms with Gasteiger partial charge in [-0.25, -0.2) is 0 Å². The Bertz CT molecular complexity index is 259. The van der Waals surface area contributed by atoms with Gasteiger partial charge in [0.25, 0.3) is 0 Å². The summed E-state index contributed by atoms with van der Waals surface area (Å²) in [5.41, 5.74) is 5.61. The normalized spacial score (nSPS) is 26.4. The largest absolute Gasteiger partial charge is 0.341 e. The van der Waals surface area contributed by atoms with Gasteiger partial charge in [0.1, 0.15) is 0 Å². The van der Waals surface area contributed by atoms with Gasteiger partial charge in [-0.05, 0) is 20.3 Å². The SMILES string of the molecule is CCN(CC(C)C#N)C(=O)C1CC1N. The number of carbonyl (C=O) groups is 1. The highest BCUT2D eigenvalue weighted by Crippen LogP contribution is 2.30.